The lowest BCUT2D eigenvalue weighted by Gasteiger charge is -2.07. The van der Waals surface area contributed by atoms with Crippen LogP contribution in [0.2, 0.25) is 0 Å². The van der Waals surface area contributed by atoms with Gasteiger partial charge in [0.25, 0.3) is 5.56 Å². The Kier molecular flexibility index (Phi) is 3.15. The van der Waals surface area contributed by atoms with Crippen molar-refractivity contribution in [3.05, 3.63) is 61.4 Å². The second-order valence-electron chi connectivity index (χ2n) is 4.28. The molecule has 102 valence electrons. The third-order valence-corrected chi connectivity index (χ3v) is 3.95. The summed E-state index contributed by atoms with van der Waals surface area (Å²) in [7, 11) is 1.50. The number of hydrogen-bond donors (Lipinski definition) is 1. The molecule has 0 spiro atoms. The minimum atomic E-state index is -0.430. The van der Waals surface area contributed by atoms with Crippen molar-refractivity contribution >= 4 is 22.2 Å². The standard InChI is InChI=1S/C14H12N2O3S/c1-19-11-6-2-5-10-12(11)15-14(18)16(13(10)17)8-9-4-3-7-20-9/h2-7H,8H2,1H3,(H,15,18). The van der Waals surface area contributed by atoms with Gasteiger partial charge in [0, 0.05) is 4.88 Å². The highest BCUT2D eigenvalue weighted by Crippen LogP contribution is 2.19. The fourth-order valence-electron chi connectivity index (χ4n) is 2.12. The van der Waals surface area contributed by atoms with Crippen molar-refractivity contribution in [2.45, 2.75) is 6.54 Å². The second-order valence-corrected chi connectivity index (χ2v) is 5.32. The van der Waals surface area contributed by atoms with E-state index in [1.54, 1.807) is 18.2 Å². The lowest BCUT2D eigenvalue weighted by Crippen LogP contribution is -2.35. The predicted molar refractivity (Wildman–Crippen MR) is 78.8 cm³/mol. The van der Waals surface area contributed by atoms with Crippen LogP contribution in [-0.2, 0) is 6.54 Å². The molecule has 0 aliphatic heterocycles. The fourth-order valence-corrected chi connectivity index (χ4v) is 2.82. The second kappa shape index (κ2) is 4.97. The van der Waals surface area contributed by atoms with Crippen molar-refractivity contribution in [2.75, 3.05) is 7.11 Å². The molecule has 2 aromatic heterocycles. The molecule has 6 heteroatoms. The molecule has 0 saturated carbocycles. The Bertz CT molecular complexity index is 862. The summed E-state index contributed by atoms with van der Waals surface area (Å²) in [4.78, 5) is 28.2. The van der Waals surface area contributed by atoms with Gasteiger partial charge in [0.2, 0.25) is 0 Å². The van der Waals surface area contributed by atoms with Crippen LogP contribution in [0, 0.1) is 0 Å². The first-order valence-electron chi connectivity index (χ1n) is 6.03. The Hall–Kier alpha value is -2.34. The number of nitrogens with one attached hydrogen (secondary N) is 1. The Morgan fingerprint density at radius 2 is 2.10 bits per heavy atom. The number of fused-ring (bicyclic) bond motifs is 1. The van der Waals surface area contributed by atoms with Crippen molar-refractivity contribution in [3.63, 3.8) is 0 Å². The van der Waals surface area contributed by atoms with E-state index in [1.165, 1.54) is 23.0 Å². The van der Waals surface area contributed by atoms with E-state index in [0.29, 0.717) is 16.7 Å². The number of para-hydroxylation sites is 1. The van der Waals surface area contributed by atoms with Crippen molar-refractivity contribution in [2.24, 2.45) is 0 Å². The third-order valence-electron chi connectivity index (χ3n) is 3.09. The molecule has 0 fully saturated rings. The molecule has 0 unspecified atom stereocenters. The van der Waals surface area contributed by atoms with Gasteiger partial charge in [-0.3, -0.25) is 9.36 Å². The van der Waals surface area contributed by atoms with Crippen LogP contribution < -0.4 is 16.0 Å². The smallest absolute Gasteiger partial charge is 0.329 e. The summed E-state index contributed by atoms with van der Waals surface area (Å²) in [6.07, 6.45) is 0. The molecule has 0 amide bonds. The Labute approximate surface area is 118 Å². The number of H-pyrrole nitrogens is 1. The molecule has 3 aromatic rings. The zero-order chi connectivity index (χ0) is 14.1. The molecule has 5 nitrogen and oxygen atoms in total. The number of aromatic nitrogens is 2. The molecular weight excluding hydrogens is 276 g/mol. The monoisotopic (exact) mass is 288 g/mol. The number of ether oxygens (including phenoxy) is 1. The molecule has 3 rings (SSSR count). The molecule has 0 radical (unpaired) electrons. The van der Waals surface area contributed by atoms with Gasteiger partial charge in [0.05, 0.1) is 24.6 Å². The first-order chi connectivity index (χ1) is 9.70. The molecular formula is C14H12N2O3S. The van der Waals surface area contributed by atoms with Gasteiger partial charge in [-0.2, -0.15) is 0 Å². The molecule has 20 heavy (non-hydrogen) atoms. The van der Waals surface area contributed by atoms with Crippen molar-refractivity contribution in [3.8, 4) is 5.75 Å². The van der Waals surface area contributed by atoms with Gasteiger partial charge in [0.1, 0.15) is 5.75 Å². The lowest BCUT2D eigenvalue weighted by atomic mass is 10.2. The number of methoxy groups -OCH3 is 1. The number of nitrogens with zero attached hydrogens (tertiary/aromatic N) is 1. The van der Waals surface area contributed by atoms with Crippen molar-refractivity contribution < 1.29 is 4.74 Å². The maximum absolute atomic E-state index is 12.4. The number of aromatic amines is 1. The van der Waals surface area contributed by atoms with Gasteiger partial charge in [-0.1, -0.05) is 12.1 Å². The van der Waals surface area contributed by atoms with Crippen LogP contribution in [0.1, 0.15) is 4.88 Å². The quantitative estimate of drug-likeness (QED) is 0.799. The average molecular weight is 288 g/mol. The number of thiophene rings is 1. The third kappa shape index (κ3) is 2.04. The van der Waals surface area contributed by atoms with E-state index in [2.05, 4.69) is 4.98 Å². The van der Waals surface area contributed by atoms with Gasteiger partial charge in [-0.15, -0.1) is 11.3 Å². The lowest BCUT2D eigenvalue weighted by molar-refractivity contribution is 0.418. The zero-order valence-electron chi connectivity index (χ0n) is 10.8. The van der Waals surface area contributed by atoms with Gasteiger partial charge >= 0.3 is 5.69 Å². The van der Waals surface area contributed by atoms with Crippen molar-refractivity contribution in [1.82, 2.24) is 9.55 Å². The number of hydrogen-bond acceptors (Lipinski definition) is 4. The van der Waals surface area contributed by atoms with Gasteiger partial charge in [0.15, 0.2) is 0 Å². The van der Waals surface area contributed by atoms with Crippen LogP contribution in [0.4, 0.5) is 0 Å². The number of benzene rings is 1. The summed E-state index contributed by atoms with van der Waals surface area (Å²) in [5.41, 5.74) is -0.302. The molecule has 1 N–H and O–H groups in total. The van der Waals surface area contributed by atoms with E-state index >= 15 is 0 Å². The first-order valence-corrected chi connectivity index (χ1v) is 6.91. The molecule has 2 heterocycles. The molecule has 1 aromatic carbocycles. The Balaban J connectivity index is 2.25. The van der Waals surface area contributed by atoms with Gasteiger partial charge < -0.3 is 9.72 Å². The zero-order valence-corrected chi connectivity index (χ0v) is 11.6. The van der Waals surface area contributed by atoms with Crippen LogP contribution in [0.15, 0.2) is 45.3 Å². The topological polar surface area (TPSA) is 64.1 Å². The van der Waals surface area contributed by atoms with E-state index in [-0.39, 0.29) is 12.1 Å². The van der Waals surface area contributed by atoms with Crippen LogP contribution >= 0.6 is 11.3 Å². The summed E-state index contributed by atoms with van der Waals surface area (Å²) in [5.74, 6) is 0.486. The maximum Gasteiger partial charge on any atom is 0.329 e. The van der Waals surface area contributed by atoms with E-state index in [9.17, 15) is 9.59 Å². The molecule has 0 bridgehead atoms. The SMILES string of the molecule is COc1cccc2c(=O)n(Cc3cccs3)c(=O)[nH]c12. The van der Waals surface area contributed by atoms with Crippen molar-refractivity contribution in [1.29, 1.82) is 0 Å². The predicted octanol–water partition coefficient (Wildman–Crippen LogP) is 1.81. The van der Waals surface area contributed by atoms with E-state index in [4.69, 9.17) is 4.74 Å². The van der Waals surface area contributed by atoms with E-state index in [0.717, 1.165) is 4.88 Å². The summed E-state index contributed by atoms with van der Waals surface area (Å²) in [6, 6.07) is 8.91. The highest BCUT2D eigenvalue weighted by Gasteiger charge is 2.11. The Morgan fingerprint density at radius 3 is 2.80 bits per heavy atom. The summed E-state index contributed by atoms with van der Waals surface area (Å²) >= 11 is 1.51. The first kappa shape index (κ1) is 12.7. The highest BCUT2D eigenvalue weighted by atomic mass is 32.1. The minimum Gasteiger partial charge on any atom is -0.495 e. The van der Waals surface area contributed by atoms with Crippen LogP contribution in [0.25, 0.3) is 10.9 Å². The molecule has 0 saturated heterocycles. The fraction of sp³-hybridized carbons (Fsp3) is 0.143. The average Bonchev–Trinajstić information content (AvgIpc) is 2.96. The molecule has 0 atom stereocenters. The highest BCUT2D eigenvalue weighted by molar-refractivity contribution is 7.09. The van der Waals surface area contributed by atoms with Crippen LogP contribution in [-0.4, -0.2) is 16.7 Å². The molecule has 0 aliphatic carbocycles. The normalized spacial score (nSPS) is 10.8. The maximum atomic E-state index is 12.4. The summed E-state index contributed by atoms with van der Waals surface area (Å²) < 4.78 is 6.37. The number of rotatable bonds is 3. The summed E-state index contributed by atoms with van der Waals surface area (Å²) in [6.45, 7) is 0.277. The summed E-state index contributed by atoms with van der Waals surface area (Å²) in [5, 5.41) is 2.36. The van der Waals surface area contributed by atoms with Crippen LogP contribution in [0.5, 0.6) is 5.75 Å². The minimum absolute atomic E-state index is 0.277. The molecule has 0 aliphatic rings. The Morgan fingerprint density at radius 1 is 1.25 bits per heavy atom. The van der Waals surface area contributed by atoms with Gasteiger partial charge in [-0.05, 0) is 23.6 Å². The largest absolute Gasteiger partial charge is 0.495 e. The van der Waals surface area contributed by atoms with Gasteiger partial charge in [-0.25, -0.2) is 4.79 Å². The van der Waals surface area contributed by atoms with E-state index in [1.807, 2.05) is 17.5 Å². The van der Waals surface area contributed by atoms with E-state index < -0.39 is 5.69 Å². The van der Waals surface area contributed by atoms with Crippen LogP contribution in [0.3, 0.4) is 0 Å².